The van der Waals surface area contributed by atoms with E-state index in [2.05, 4.69) is 4.98 Å². The number of aromatic nitrogens is 2. The van der Waals surface area contributed by atoms with E-state index in [4.69, 9.17) is 18.9 Å². The van der Waals surface area contributed by atoms with Gasteiger partial charge in [0.15, 0.2) is 6.10 Å². The zero-order valence-corrected chi connectivity index (χ0v) is 13.1. The highest BCUT2D eigenvalue weighted by molar-refractivity contribution is 5.29. The standard InChI is InChI=1S/C17H18N2O5/c20-16-5-6-19-9-14(24-17(19)18-16)10-23-13-3-1-12(2-4-13)15-11-21-7-8-22-15/h1-6,14-15H,7-11H2/t14-,15?/m0/s1. The van der Waals surface area contributed by atoms with E-state index in [1.165, 1.54) is 6.07 Å². The van der Waals surface area contributed by atoms with Crippen molar-refractivity contribution in [2.75, 3.05) is 26.4 Å². The summed E-state index contributed by atoms with van der Waals surface area (Å²) in [5.74, 6) is 0.762. The molecular weight excluding hydrogens is 312 g/mol. The molecule has 126 valence electrons. The van der Waals surface area contributed by atoms with Crippen molar-refractivity contribution in [3.05, 3.63) is 52.4 Å². The Kier molecular flexibility index (Phi) is 4.18. The molecule has 2 atom stereocenters. The fourth-order valence-electron chi connectivity index (χ4n) is 2.79. The number of hydrogen-bond acceptors (Lipinski definition) is 6. The van der Waals surface area contributed by atoms with E-state index < -0.39 is 0 Å². The molecule has 2 aromatic rings. The molecule has 1 aromatic carbocycles. The van der Waals surface area contributed by atoms with Gasteiger partial charge in [-0.15, -0.1) is 0 Å². The van der Waals surface area contributed by atoms with E-state index in [1.807, 2.05) is 24.3 Å². The summed E-state index contributed by atoms with van der Waals surface area (Å²) in [5.41, 5.74) is 0.779. The van der Waals surface area contributed by atoms with Crippen molar-refractivity contribution in [3.8, 4) is 11.8 Å². The molecule has 1 saturated heterocycles. The lowest BCUT2D eigenvalue weighted by Crippen LogP contribution is -2.23. The van der Waals surface area contributed by atoms with Gasteiger partial charge in [-0.05, 0) is 17.7 Å². The third kappa shape index (κ3) is 3.27. The second kappa shape index (κ2) is 6.62. The summed E-state index contributed by atoms with van der Waals surface area (Å²) < 4.78 is 24.3. The summed E-state index contributed by atoms with van der Waals surface area (Å²) in [7, 11) is 0. The second-order valence-corrected chi connectivity index (χ2v) is 5.75. The Morgan fingerprint density at radius 1 is 1.21 bits per heavy atom. The van der Waals surface area contributed by atoms with Gasteiger partial charge in [-0.25, -0.2) is 0 Å². The van der Waals surface area contributed by atoms with Crippen molar-refractivity contribution in [2.24, 2.45) is 0 Å². The average Bonchev–Trinajstić information content (AvgIpc) is 3.03. The van der Waals surface area contributed by atoms with Crippen LogP contribution in [0.3, 0.4) is 0 Å². The third-order valence-corrected chi connectivity index (χ3v) is 4.02. The van der Waals surface area contributed by atoms with Crippen LogP contribution in [0, 0.1) is 0 Å². The molecule has 24 heavy (non-hydrogen) atoms. The first kappa shape index (κ1) is 15.2. The smallest absolute Gasteiger partial charge is 0.300 e. The maximum Gasteiger partial charge on any atom is 0.300 e. The first-order valence-corrected chi connectivity index (χ1v) is 7.94. The number of rotatable bonds is 4. The van der Waals surface area contributed by atoms with Crippen molar-refractivity contribution in [2.45, 2.75) is 18.8 Å². The minimum atomic E-state index is -0.299. The summed E-state index contributed by atoms with van der Waals surface area (Å²) in [4.78, 5) is 15.0. The van der Waals surface area contributed by atoms with Crippen LogP contribution in [0.15, 0.2) is 41.3 Å². The fourth-order valence-corrected chi connectivity index (χ4v) is 2.79. The van der Waals surface area contributed by atoms with Gasteiger partial charge in [0.2, 0.25) is 0 Å². The van der Waals surface area contributed by atoms with Crippen LogP contribution in [-0.4, -0.2) is 42.1 Å². The topological polar surface area (TPSA) is 71.8 Å². The molecule has 2 aliphatic rings. The molecule has 0 bridgehead atoms. The number of ether oxygens (including phenoxy) is 4. The number of benzene rings is 1. The summed E-state index contributed by atoms with van der Waals surface area (Å²) >= 11 is 0. The van der Waals surface area contributed by atoms with Crippen LogP contribution in [0.25, 0.3) is 0 Å². The largest absolute Gasteiger partial charge is 0.490 e. The van der Waals surface area contributed by atoms with Gasteiger partial charge in [-0.2, -0.15) is 4.98 Å². The van der Waals surface area contributed by atoms with Gasteiger partial charge in [0.1, 0.15) is 18.5 Å². The van der Waals surface area contributed by atoms with Crippen molar-refractivity contribution < 1.29 is 18.9 Å². The summed E-state index contributed by atoms with van der Waals surface area (Å²) in [6.07, 6.45) is 1.52. The van der Waals surface area contributed by atoms with Gasteiger partial charge in [-0.1, -0.05) is 12.1 Å². The van der Waals surface area contributed by atoms with E-state index in [-0.39, 0.29) is 17.8 Å². The molecule has 0 aliphatic carbocycles. The summed E-state index contributed by atoms with van der Waals surface area (Å²) in [6, 6.07) is 9.57. The minimum Gasteiger partial charge on any atom is -0.490 e. The fraction of sp³-hybridized carbons (Fsp3) is 0.412. The normalized spacial score (nSPS) is 22.7. The van der Waals surface area contributed by atoms with Crippen LogP contribution in [0.1, 0.15) is 11.7 Å². The van der Waals surface area contributed by atoms with E-state index in [0.717, 1.165) is 11.3 Å². The molecule has 0 radical (unpaired) electrons. The maximum absolute atomic E-state index is 11.2. The molecule has 2 aliphatic heterocycles. The highest BCUT2D eigenvalue weighted by Gasteiger charge is 2.23. The Hall–Kier alpha value is -2.38. The zero-order valence-electron chi connectivity index (χ0n) is 13.1. The van der Waals surface area contributed by atoms with Crippen LogP contribution < -0.4 is 15.0 Å². The quantitative estimate of drug-likeness (QED) is 0.838. The lowest BCUT2D eigenvalue weighted by molar-refractivity contribution is -0.0901. The van der Waals surface area contributed by atoms with Crippen LogP contribution in [0.4, 0.5) is 0 Å². The Labute approximate surface area is 138 Å². The second-order valence-electron chi connectivity index (χ2n) is 5.75. The van der Waals surface area contributed by atoms with Gasteiger partial charge >= 0.3 is 0 Å². The number of hydrogen-bond donors (Lipinski definition) is 0. The molecule has 0 amide bonds. The Balaban J connectivity index is 1.33. The van der Waals surface area contributed by atoms with Crippen LogP contribution in [-0.2, 0) is 16.0 Å². The van der Waals surface area contributed by atoms with E-state index in [0.29, 0.717) is 39.0 Å². The Morgan fingerprint density at radius 3 is 2.88 bits per heavy atom. The lowest BCUT2D eigenvalue weighted by Gasteiger charge is -2.23. The van der Waals surface area contributed by atoms with Crippen LogP contribution >= 0.6 is 0 Å². The van der Waals surface area contributed by atoms with E-state index >= 15 is 0 Å². The molecule has 0 spiro atoms. The predicted octanol–water partition coefficient (Wildman–Crippen LogP) is 1.17. The number of nitrogens with zero attached hydrogens (tertiary/aromatic N) is 2. The van der Waals surface area contributed by atoms with Crippen molar-refractivity contribution in [1.82, 2.24) is 9.55 Å². The summed E-state index contributed by atoms with van der Waals surface area (Å²) in [6.45, 7) is 2.87. The van der Waals surface area contributed by atoms with Gasteiger partial charge in [0, 0.05) is 12.3 Å². The van der Waals surface area contributed by atoms with Gasteiger partial charge in [0.25, 0.3) is 11.6 Å². The van der Waals surface area contributed by atoms with Crippen LogP contribution in [0.2, 0.25) is 0 Å². The zero-order chi connectivity index (χ0) is 16.4. The van der Waals surface area contributed by atoms with Gasteiger partial charge in [-0.3, -0.25) is 9.36 Å². The predicted molar refractivity (Wildman–Crippen MR) is 84.4 cm³/mol. The van der Waals surface area contributed by atoms with E-state index in [9.17, 15) is 4.79 Å². The average molecular weight is 330 g/mol. The molecule has 1 aromatic heterocycles. The molecule has 3 heterocycles. The van der Waals surface area contributed by atoms with Crippen molar-refractivity contribution in [1.29, 1.82) is 0 Å². The molecule has 0 saturated carbocycles. The minimum absolute atomic E-state index is 0.00998. The lowest BCUT2D eigenvalue weighted by atomic mass is 10.1. The Morgan fingerprint density at radius 2 is 2.08 bits per heavy atom. The molecule has 7 heteroatoms. The van der Waals surface area contributed by atoms with Crippen LogP contribution in [0.5, 0.6) is 11.8 Å². The highest BCUT2D eigenvalue weighted by atomic mass is 16.6. The highest BCUT2D eigenvalue weighted by Crippen LogP contribution is 2.24. The van der Waals surface area contributed by atoms with Crippen molar-refractivity contribution in [3.63, 3.8) is 0 Å². The molecule has 0 N–H and O–H groups in total. The Bertz CT molecular complexity index is 752. The SMILES string of the molecule is O=c1ccn2c(n1)O[C@H](COc1ccc(C3COCCO3)cc1)C2. The molecule has 1 unspecified atom stereocenters. The molecule has 4 rings (SSSR count). The molecular formula is C17H18N2O5. The molecule has 1 fully saturated rings. The third-order valence-electron chi connectivity index (χ3n) is 4.02. The number of fused-ring (bicyclic) bond motifs is 1. The van der Waals surface area contributed by atoms with Crippen molar-refractivity contribution >= 4 is 0 Å². The van der Waals surface area contributed by atoms with E-state index in [1.54, 1.807) is 10.8 Å². The monoisotopic (exact) mass is 330 g/mol. The maximum atomic E-state index is 11.2. The first-order chi connectivity index (χ1) is 11.8. The summed E-state index contributed by atoms with van der Waals surface area (Å²) in [5, 5.41) is 0. The van der Waals surface area contributed by atoms with Gasteiger partial charge in [0.05, 0.1) is 26.4 Å². The first-order valence-electron chi connectivity index (χ1n) is 7.94. The van der Waals surface area contributed by atoms with Gasteiger partial charge < -0.3 is 18.9 Å². The molecule has 7 nitrogen and oxygen atoms in total.